The van der Waals surface area contributed by atoms with E-state index in [1.807, 2.05) is 13.8 Å². The van der Waals surface area contributed by atoms with Crippen LogP contribution in [-0.4, -0.2) is 49.3 Å². The predicted molar refractivity (Wildman–Crippen MR) is 85.2 cm³/mol. The van der Waals surface area contributed by atoms with Gasteiger partial charge in [-0.25, -0.2) is 4.79 Å². The normalized spacial score (nSPS) is 10.6. The highest BCUT2D eigenvalue weighted by atomic mass is 16.5. The number of hydrogen-bond acceptors (Lipinski definition) is 5. The highest BCUT2D eigenvalue weighted by Crippen LogP contribution is 2.12. The first-order valence-electron chi connectivity index (χ1n) is 7.75. The molecule has 0 aliphatic heterocycles. The van der Waals surface area contributed by atoms with Gasteiger partial charge in [0.2, 0.25) is 0 Å². The van der Waals surface area contributed by atoms with Gasteiger partial charge in [0.15, 0.2) is 0 Å². The fraction of sp³-hybridized carbons (Fsp3) is 0.933. The van der Waals surface area contributed by atoms with Crippen LogP contribution in [0.3, 0.4) is 0 Å². The molecule has 0 aromatic carbocycles. The van der Waals surface area contributed by atoms with E-state index in [0.717, 1.165) is 26.1 Å². The second-order valence-corrected chi connectivity index (χ2v) is 4.28. The minimum absolute atomic E-state index is 0.125. The molecule has 0 saturated heterocycles. The van der Waals surface area contributed by atoms with Crippen molar-refractivity contribution < 1.29 is 24.5 Å². The maximum absolute atomic E-state index is 10.3. The molecule has 1 amide bonds. The molecule has 6 nitrogen and oxygen atoms in total. The molecule has 1 unspecified atom stereocenters. The van der Waals surface area contributed by atoms with Crippen LogP contribution in [0.5, 0.6) is 0 Å². The summed E-state index contributed by atoms with van der Waals surface area (Å²) in [7, 11) is 0. The van der Waals surface area contributed by atoms with E-state index in [9.17, 15) is 4.79 Å². The monoisotopic (exact) mass is 309 g/mol. The van der Waals surface area contributed by atoms with Gasteiger partial charge >= 0.3 is 6.09 Å². The molecular formula is C15H35NO5. The Balaban J connectivity index is -0.000000297. The summed E-state index contributed by atoms with van der Waals surface area (Å²) in [4.78, 5) is 10.3. The fourth-order valence-corrected chi connectivity index (χ4v) is 1.30. The third kappa shape index (κ3) is 32.6. The Labute approximate surface area is 129 Å². The molecule has 0 saturated carbocycles. The number of carbonyl (C=O) groups is 1. The maximum atomic E-state index is 10.3. The van der Waals surface area contributed by atoms with Crippen LogP contribution in [0.1, 0.15) is 53.4 Å². The Bertz CT molecular complexity index is 187. The predicted octanol–water partition coefficient (Wildman–Crippen LogP) is 2.31. The molecular weight excluding hydrogens is 274 g/mol. The van der Waals surface area contributed by atoms with Gasteiger partial charge in [0, 0.05) is 13.2 Å². The van der Waals surface area contributed by atoms with Crippen molar-refractivity contribution in [3.8, 4) is 0 Å². The number of carbonyl (C=O) groups excluding carboxylic acids is 1. The van der Waals surface area contributed by atoms with Gasteiger partial charge in [-0.15, -0.1) is 0 Å². The zero-order valence-corrected chi connectivity index (χ0v) is 14.1. The molecule has 0 aromatic heterocycles. The Morgan fingerprint density at radius 1 is 1.10 bits per heavy atom. The van der Waals surface area contributed by atoms with Gasteiger partial charge in [-0.05, 0) is 26.2 Å². The van der Waals surface area contributed by atoms with E-state index < -0.39 is 6.09 Å². The third-order valence-electron chi connectivity index (χ3n) is 2.51. The molecule has 0 aliphatic rings. The Kier molecular flexibility index (Phi) is 28.9. The number of primary amides is 1. The Hall–Kier alpha value is -0.850. The minimum Gasteiger partial charge on any atom is -0.449 e. The molecule has 0 bridgehead atoms. The zero-order chi connectivity index (χ0) is 16.9. The van der Waals surface area contributed by atoms with Crippen molar-refractivity contribution >= 4 is 6.09 Å². The quantitative estimate of drug-likeness (QED) is 0.606. The van der Waals surface area contributed by atoms with Crippen LogP contribution in [0.2, 0.25) is 0 Å². The first kappa shape index (κ1) is 25.1. The molecule has 6 heteroatoms. The van der Waals surface area contributed by atoms with Crippen molar-refractivity contribution in [1.29, 1.82) is 0 Å². The largest absolute Gasteiger partial charge is 0.449 e. The van der Waals surface area contributed by atoms with Crippen molar-refractivity contribution in [3.05, 3.63) is 0 Å². The number of hydrogen-bond donors (Lipinski definition) is 3. The van der Waals surface area contributed by atoms with Crippen LogP contribution in [0.15, 0.2) is 0 Å². The lowest BCUT2D eigenvalue weighted by atomic mass is 10.0. The summed E-state index contributed by atoms with van der Waals surface area (Å²) in [6, 6.07) is 0. The summed E-state index contributed by atoms with van der Waals surface area (Å²) >= 11 is 0. The van der Waals surface area contributed by atoms with E-state index >= 15 is 0 Å². The lowest BCUT2D eigenvalue weighted by Crippen LogP contribution is -2.18. The standard InChI is InChI=1S/C9H19NO2.C4H10O.C2H6O2/c1-3-5-6-8(4-2)7-12-9(10)11;1-3-5-4-2;3-1-2-4/h8H,3-7H2,1-2H3,(H2,10,11);3-4H2,1-2H3;3-4H,1-2H2. The van der Waals surface area contributed by atoms with Crippen molar-refractivity contribution in [1.82, 2.24) is 0 Å². The highest BCUT2D eigenvalue weighted by molar-refractivity contribution is 5.64. The van der Waals surface area contributed by atoms with Gasteiger partial charge in [-0.1, -0.05) is 33.1 Å². The molecule has 0 spiro atoms. The van der Waals surface area contributed by atoms with Crippen LogP contribution in [0, 0.1) is 5.92 Å². The second-order valence-electron chi connectivity index (χ2n) is 4.28. The summed E-state index contributed by atoms with van der Waals surface area (Å²) in [6.07, 6.45) is 3.89. The van der Waals surface area contributed by atoms with Crippen molar-refractivity contribution in [2.75, 3.05) is 33.0 Å². The van der Waals surface area contributed by atoms with Crippen LogP contribution in [-0.2, 0) is 9.47 Å². The summed E-state index contributed by atoms with van der Waals surface area (Å²) < 4.78 is 9.56. The van der Waals surface area contributed by atoms with E-state index in [4.69, 9.17) is 25.4 Å². The fourth-order valence-electron chi connectivity index (χ4n) is 1.30. The Morgan fingerprint density at radius 2 is 1.62 bits per heavy atom. The second kappa shape index (κ2) is 24.2. The highest BCUT2D eigenvalue weighted by Gasteiger charge is 2.07. The van der Waals surface area contributed by atoms with Gasteiger partial charge in [0.25, 0.3) is 0 Å². The molecule has 4 N–H and O–H groups in total. The van der Waals surface area contributed by atoms with Crippen LogP contribution >= 0.6 is 0 Å². The average molecular weight is 309 g/mol. The molecule has 0 heterocycles. The van der Waals surface area contributed by atoms with Gasteiger partial charge in [0.05, 0.1) is 19.8 Å². The summed E-state index contributed by atoms with van der Waals surface area (Å²) in [5.74, 6) is 0.484. The number of unbranched alkanes of at least 4 members (excludes halogenated alkanes) is 1. The Morgan fingerprint density at radius 3 is 1.86 bits per heavy atom. The first-order chi connectivity index (χ1) is 10.0. The van der Waals surface area contributed by atoms with Crippen LogP contribution in [0.25, 0.3) is 0 Å². The minimum atomic E-state index is -0.662. The smallest absolute Gasteiger partial charge is 0.404 e. The van der Waals surface area contributed by atoms with Crippen molar-refractivity contribution in [2.24, 2.45) is 11.7 Å². The van der Waals surface area contributed by atoms with Gasteiger partial charge in [-0.2, -0.15) is 0 Å². The van der Waals surface area contributed by atoms with E-state index in [-0.39, 0.29) is 13.2 Å². The van der Waals surface area contributed by atoms with E-state index in [2.05, 4.69) is 13.8 Å². The number of aliphatic hydroxyl groups is 2. The van der Waals surface area contributed by atoms with Crippen LogP contribution in [0.4, 0.5) is 4.79 Å². The van der Waals surface area contributed by atoms with Crippen molar-refractivity contribution in [3.63, 3.8) is 0 Å². The summed E-state index contributed by atoms with van der Waals surface area (Å²) in [5, 5.41) is 15.2. The molecule has 0 rings (SSSR count). The van der Waals surface area contributed by atoms with E-state index in [1.54, 1.807) is 0 Å². The molecule has 130 valence electrons. The molecule has 0 fully saturated rings. The number of amides is 1. The summed E-state index contributed by atoms with van der Waals surface area (Å²) in [6.45, 7) is 10.2. The topological polar surface area (TPSA) is 102 Å². The number of aliphatic hydroxyl groups excluding tert-OH is 2. The number of rotatable bonds is 9. The van der Waals surface area contributed by atoms with Gasteiger partial charge in [-0.3, -0.25) is 0 Å². The lowest BCUT2D eigenvalue weighted by molar-refractivity contribution is 0.132. The van der Waals surface area contributed by atoms with E-state index in [0.29, 0.717) is 12.5 Å². The molecule has 0 radical (unpaired) electrons. The average Bonchev–Trinajstić information content (AvgIpc) is 2.49. The molecule has 1 atom stereocenters. The number of nitrogens with two attached hydrogens (primary N) is 1. The van der Waals surface area contributed by atoms with Gasteiger partial charge in [0.1, 0.15) is 0 Å². The molecule has 0 aromatic rings. The molecule has 21 heavy (non-hydrogen) atoms. The first-order valence-corrected chi connectivity index (χ1v) is 7.75. The maximum Gasteiger partial charge on any atom is 0.404 e. The third-order valence-corrected chi connectivity index (χ3v) is 2.51. The van der Waals surface area contributed by atoms with E-state index in [1.165, 1.54) is 12.8 Å². The lowest BCUT2D eigenvalue weighted by Gasteiger charge is -2.12. The zero-order valence-electron chi connectivity index (χ0n) is 14.1. The SMILES string of the molecule is CCCCC(CC)COC(N)=O.CCOCC.OCCO. The molecule has 0 aliphatic carbocycles. The summed E-state index contributed by atoms with van der Waals surface area (Å²) in [5.41, 5.74) is 4.86. The van der Waals surface area contributed by atoms with Crippen LogP contribution < -0.4 is 5.73 Å². The number of ether oxygens (including phenoxy) is 2. The van der Waals surface area contributed by atoms with Gasteiger partial charge < -0.3 is 25.4 Å². The van der Waals surface area contributed by atoms with Crippen molar-refractivity contribution in [2.45, 2.75) is 53.4 Å².